The van der Waals surface area contributed by atoms with Crippen LogP contribution in [0.3, 0.4) is 0 Å². The number of thioether (sulfide) groups is 1. The fraction of sp³-hybridized carbons (Fsp3) is 0.296. The first-order valence-electron chi connectivity index (χ1n) is 11.6. The van der Waals surface area contributed by atoms with E-state index >= 15 is 0 Å². The van der Waals surface area contributed by atoms with Gasteiger partial charge < -0.3 is 19.1 Å². The molecule has 2 aliphatic heterocycles. The minimum Gasteiger partial charge on any atom is -0.493 e. The van der Waals surface area contributed by atoms with E-state index in [4.69, 9.17) is 14.2 Å². The van der Waals surface area contributed by atoms with Crippen LogP contribution in [0.5, 0.6) is 17.2 Å². The molecule has 0 atom stereocenters. The van der Waals surface area contributed by atoms with E-state index in [0.29, 0.717) is 19.0 Å². The van der Waals surface area contributed by atoms with Gasteiger partial charge in [0.15, 0.2) is 11.5 Å². The third-order valence-electron chi connectivity index (χ3n) is 5.97. The molecule has 0 radical (unpaired) electrons. The molecule has 1 saturated heterocycles. The minimum absolute atomic E-state index is 0.0777. The van der Waals surface area contributed by atoms with Gasteiger partial charge in [0.25, 0.3) is 5.91 Å². The normalized spacial score (nSPS) is 15.4. The van der Waals surface area contributed by atoms with E-state index < -0.39 is 0 Å². The van der Waals surface area contributed by atoms with Crippen molar-refractivity contribution >= 4 is 17.7 Å². The molecule has 0 unspecified atom stereocenters. The van der Waals surface area contributed by atoms with Crippen molar-refractivity contribution in [3.05, 3.63) is 83.9 Å². The molecule has 7 heteroatoms. The van der Waals surface area contributed by atoms with Crippen molar-refractivity contribution in [1.29, 1.82) is 0 Å². The molecule has 1 fully saturated rings. The summed E-state index contributed by atoms with van der Waals surface area (Å²) in [5, 5.41) is 0. The monoisotopic (exact) mass is 476 g/mol. The second-order valence-electron chi connectivity index (χ2n) is 8.29. The lowest BCUT2D eigenvalue weighted by molar-refractivity contribution is 0.0628. The molecule has 0 aliphatic carbocycles. The maximum absolute atomic E-state index is 13.0. The average molecular weight is 477 g/mol. The molecular weight excluding hydrogens is 448 g/mol. The summed E-state index contributed by atoms with van der Waals surface area (Å²) in [4.78, 5) is 18.5. The molecule has 1 amide bonds. The summed E-state index contributed by atoms with van der Waals surface area (Å²) in [6.45, 7) is 4.89. The third-order valence-corrected chi connectivity index (χ3v) is 6.94. The fourth-order valence-electron chi connectivity index (χ4n) is 4.12. The number of carbonyl (C=O) groups is 1. The summed E-state index contributed by atoms with van der Waals surface area (Å²) in [6.07, 6.45) is 0. The Kier molecular flexibility index (Phi) is 7.22. The Labute approximate surface area is 204 Å². The van der Waals surface area contributed by atoms with E-state index in [1.165, 1.54) is 10.5 Å². The largest absolute Gasteiger partial charge is 0.493 e. The quantitative estimate of drug-likeness (QED) is 0.351. The highest BCUT2D eigenvalue weighted by atomic mass is 32.2. The summed E-state index contributed by atoms with van der Waals surface area (Å²) in [5.74, 6) is 3.37. The molecule has 3 aromatic carbocycles. The minimum atomic E-state index is 0.0777. The number of amides is 1. The van der Waals surface area contributed by atoms with Crippen molar-refractivity contribution in [2.45, 2.75) is 11.4 Å². The Bertz CT molecular complexity index is 1100. The summed E-state index contributed by atoms with van der Waals surface area (Å²) >= 11 is 1.77. The Hall–Kier alpha value is -3.16. The van der Waals surface area contributed by atoms with Crippen LogP contribution in [0.25, 0.3) is 0 Å². The van der Waals surface area contributed by atoms with Crippen molar-refractivity contribution in [3.8, 4) is 17.2 Å². The summed E-state index contributed by atoms with van der Waals surface area (Å²) in [5.41, 5.74) is 1.90. The summed E-state index contributed by atoms with van der Waals surface area (Å²) in [6, 6.07) is 23.9. The van der Waals surface area contributed by atoms with Gasteiger partial charge in [0, 0.05) is 48.9 Å². The van der Waals surface area contributed by atoms with E-state index in [9.17, 15) is 4.79 Å². The molecule has 176 valence electrons. The fourth-order valence-corrected chi connectivity index (χ4v) is 4.87. The molecule has 3 aromatic rings. The van der Waals surface area contributed by atoms with Crippen molar-refractivity contribution in [2.75, 3.05) is 45.3 Å². The van der Waals surface area contributed by atoms with E-state index in [0.717, 1.165) is 55.7 Å². The van der Waals surface area contributed by atoms with Gasteiger partial charge in [-0.25, -0.2) is 0 Å². The van der Waals surface area contributed by atoms with Gasteiger partial charge in [-0.15, -0.1) is 11.8 Å². The van der Waals surface area contributed by atoms with Gasteiger partial charge >= 0.3 is 0 Å². The van der Waals surface area contributed by atoms with E-state index in [1.807, 2.05) is 59.5 Å². The average Bonchev–Trinajstić information content (AvgIpc) is 3.36. The van der Waals surface area contributed by atoms with E-state index in [1.54, 1.807) is 11.8 Å². The second kappa shape index (κ2) is 10.8. The van der Waals surface area contributed by atoms with E-state index in [2.05, 4.69) is 23.1 Å². The van der Waals surface area contributed by atoms with Crippen LogP contribution < -0.4 is 14.2 Å². The molecular formula is C27H28N2O4S. The highest BCUT2D eigenvalue weighted by Crippen LogP contribution is 2.33. The lowest BCUT2D eigenvalue weighted by Gasteiger charge is -2.34. The standard InChI is InChI=1S/C27H28N2O4S/c30-27(22-7-9-23(10-8-22)31-16-17-34-24-4-2-1-3-5-24)29-14-12-28(13-15-29)19-21-6-11-25-26(18-21)33-20-32-25/h1-11,18H,12-17,19-20H2. The van der Waals surface area contributed by atoms with Crippen molar-refractivity contribution < 1.29 is 19.0 Å². The Morgan fingerprint density at radius 1 is 0.882 bits per heavy atom. The van der Waals surface area contributed by atoms with Crippen LogP contribution in [-0.4, -0.2) is 61.0 Å². The number of rotatable bonds is 8. The van der Waals surface area contributed by atoms with Gasteiger partial charge in [-0.2, -0.15) is 0 Å². The predicted molar refractivity (Wildman–Crippen MR) is 133 cm³/mol. The first-order valence-corrected chi connectivity index (χ1v) is 12.5. The first kappa shape index (κ1) is 22.6. The Morgan fingerprint density at radius 3 is 2.44 bits per heavy atom. The van der Waals surface area contributed by atoms with E-state index in [-0.39, 0.29) is 5.91 Å². The zero-order valence-corrected chi connectivity index (χ0v) is 19.8. The number of ether oxygens (including phenoxy) is 3. The van der Waals surface area contributed by atoms with Gasteiger partial charge in [-0.3, -0.25) is 9.69 Å². The topological polar surface area (TPSA) is 51.2 Å². The molecule has 0 aromatic heterocycles. The van der Waals surface area contributed by atoms with Crippen molar-refractivity contribution in [1.82, 2.24) is 9.80 Å². The molecule has 0 bridgehead atoms. The van der Waals surface area contributed by atoms with Gasteiger partial charge in [0.1, 0.15) is 5.75 Å². The van der Waals surface area contributed by atoms with Crippen LogP contribution in [0.1, 0.15) is 15.9 Å². The number of piperazine rings is 1. The number of fused-ring (bicyclic) bond motifs is 1. The number of hydrogen-bond donors (Lipinski definition) is 0. The van der Waals surface area contributed by atoms with Gasteiger partial charge in [0.2, 0.25) is 6.79 Å². The molecule has 2 aliphatic rings. The number of benzene rings is 3. The van der Waals surface area contributed by atoms with Crippen LogP contribution in [0, 0.1) is 0 Å². The Balaban J connectivity index is 1.06. The molecule has 0 N–H and O–H groups in total. The highest BCUT2D eigenvalue weighted by molar-refractivity contribution is 7.99. The summed E-state index contributed by atoms with van der Waals surface area (Å²) < 4.78 is 16.7. The lowest BCUT2D eigenvalue weighted by atomic mass is 10.1. The summed E-state index contributed by atoms with van der Waals surface area (Å²) in [7, 11) is 0. The molecule has 0 saturated carbocycles. The maximum atomic E-state index is 13.0. The molecule has 6 nitrogen and oxygen atoms in total. The van der Waals surface area contributed by atoms with Crippen LogP contribution in [0.4, 0.5) is 0 Å². The maximum Gasteiger partial charge on any atom is 0.253 e. The van der Waals surface area contributed by atoms with Crippen LogP contribution in [0.15, 0.2) is 77.7 Å². The number of nitrogens with zero attached hydrogens (tertiary/aromatic N) is 2. The molecule has 5 rings (SSSR count). The number of carbonyl (C=O) groups excluding carboxylic acids is 1. The van der Waals surface area contributed by atoms with Gasteiger partial charge in [0.05, 0.1) is 6.61 Å². The van der Waals surface area contributed by atoms with Crippen LogP contribution in [0.2, 0.25) is 0 Å². The van der Waals surface area contributed by atoms with Crippen molar-refractivity contribution in [3.63, 3.8) is 0 Å². The zero-order valence-electron chi connectivity index (χ0n) is 19.0. The lowest BCUT2D eigenvalue weighted by Crippen LogP contribution is -2.48. The smallest absolute Gasteiger partial charge is 0.253 e. The Morgan fingerprint density at radius 2 is 1.65 bits per heavy atom. The van der Waals surface area contributed by atoms with Crippen molar-refractivity contribution in [2.24, 2.45) is 0 Å². The molecule has 0 spiro atoms. The van der Waals surface area contributed by atoms with Gasteiger partial charge in [-0.05, 0) is 54.1 Å². The first-order chi connectivity index (χ1) is 16.7. The molecule has 34 heavy (non-hydrogen) atoms. The predicted octanol–water partition coefficient (Wildman–Crippen LogP) is 4.54. The number of hydrogen-bond acceptors (Lipinski definition) is 6. The van der Waals surface area contributed by atoms with Crippen LogP contribution >= 0.6 is 11.8 Å². The zero-order chi connectivity index (χ0) is 23.2. The second-order valence-corrected chi connectivity index (χ2v) is 9.46. The highest BCUT2D eigenvalue weighted by Gasteiger charge is 2.23. The van der Waals surface area contributed by atoms with Crippen LogP contribution in [-0.2, 0) is 6.54 Å². The third kappa shape index (κ3) is 5.66. The molecule has 2 heterocycles. The van der Waals surface area contributed by atoms with Gasteiger partial charge in [-0.1, -0.05) is 24.3 Å². The SMILES string of the molecule is O=C(c1ccc(OCCSc2ccccc2)cc1)N1CCN(Cc2ccc3c(c2)OCO3)CC1.